The molecule has 0 saturated heterocycles. The number of amidine groups is 1. The molecule has 72 heavy (non-hydrogen) atoms. The lowest BCUT2D eigenvalue weighted by Gasteiger charge is -2.02. The molecule has 1 amide bonds. The molecule has 4 aromatic carbocycles. The monoisotopic (exact) mass is 1010 g/mol. The van der Waals surface area contributed by atoms with Crippen LogP contribution in [0.5, 0.6) is 0 Å². The van der Waals surface area contributed by atoms with Crippen molar-refractivity contribution >= 4 is 68.9 Å². The van der Waals surface area contributed by atoms with Gasteiger partial charge in [0, 0.05) is 33.0 Å². The minimum absolute atomic E-state index is 0.0324. The van der Waals surface area contributed by atoms with Gasteiger partial charge in [0.05, 0.1) is 42.5 Å². The summed E-state index contributed by atoms with van der Waals surface area (Å²) in [7, 11) is 1.21. The smallest absolute Gasteiger partial charge is 0.340 e. The van der Waals surface area contributed by atoms with E-state index in [1.807, 2.05) is 19.3 Å². The van der Waals surface area contributed by atoms with E-state index in [-0.39, 0.29) is 40.1 Å². The first-order valence-corrected chi connectivity index (χ1v) is 21.2. The zero-order chi connectivity index (χ0) is 52.5. The number of carbonyl (C=O) groups excluding carboxylic acids is 2. The van der Waals surface area contributed by atoms with Crippen LogP contribution in [0.25, 0.3) is 51.1 Å². The van der Waals surface area contributed by atoms with E-state index in [0.717, 1.165) is 12.1 Å². The van der Waals surface area contributed by atoms with Crippen LogP contribution in [0.1, 0.15) is 40.3 Å². The van der Waals surface area contributed by atoms with Crippen molar-refractivity contribution in [2.24, 2.45) is 11.6 Å². The lowest BCUT2D eigenvalue weighted by molar-refractivity contribution is 0.0601. The molecule has 0 aliphatic heterocycles. The number of ether oxygens (including phenoxy) is 1. The number of benzene rings is 4. The van der Waals surface area contributed by atoms with Crippen molar-refractivity contribution in [3.8, 4) is 34.6 Å². The number of hydrogen-bond donors (Lipinski definition) is 9. The molecule has 0 atom stereocenters. The normalized spacial score (nSPS) is 10.1. The van der Waals surface area contributed by atoms with Gasteiger partial charge in [-0.3, -0.25) is 20.7 Å². The molecule has 10 aromatic rings. The highest BCUT2D eigenvalue weighted by molar-refractivity contribution is 6.31. The molecule has 0 bridgehead atoms. The Hall–Kier alpha value is -9.68. The van der Waals surface area contributed by atoms with E-state index in [1.165, 1.54) is 60.5 Å². The Morgan fingerprint density at radius 2 is 1.31 bits per heavy atom. The number of anilines is 4. The summed E-state index contributed by atoms with van der Waals surface area (Å²) in [6, 6.07) is 26.9. The Balaban J connectivity index is 0.000000171. The fourth-order valence-electron chi connectivity index (χ4n) is 5.79. The molecule has 372 valence electrons. The van der Waals surface area contributed by atoms with Crippen molar-refractivity contribution in [3.05, 3.63) is 167 Å². The van der Waals surface area contributed by atoms with E-state index in [0.29, 0.717) is 67.6 Å². The van der Waals surface area contributed by atoms with E-state index < -0.39 is 23.5 Å². The second kappa shape index (κ2) is 25.1. The average molecular weight is 1010 g/mol. The van der Waals surface area contributed by atoms with Crippen LogP contribution in [-0.4, -0.2) is 59.6 Å². The third kappa shape index (κ3) is 13.7. The van der Waals surface area contributed by atoms with Crippen LogP contribution >= 0.6 is 11.6 Å². The van der Waals surface area contributed by atoms with Crippen LogP contribution in [0.3, 0.4) is 0 Å². The number of halogens is 4. The standard InChI is InChI=1S/C13H8FN5O.C12H9ClN4O.C8H8FNO2.C7H8FN3O.C5H6N2O.C2H6/c14-7-3-4-9-8(6-7)12-17-11(10-2-1-5-20-10)18-19(12)13(15)16-9;13-7-3-4-9(14)8(6-7)11-15-12(17-16-11)10-2-1-5-18-10;1-12-8(11)6-4-5(9)2-3-7(6)10;8-4-1-2-6(9)5(3-4)7(12)11-10;6-5(7)4-2-1-3-8-4;1-2/h1-6H,(H2,15,16);1-6H,14H2,(H,15,16,17);2-4H,10H2,1H3;1-3H,9-10H2,(H,11,12);1-3H,(H3,6,7);1-2H3. The second-order valence-corrected chi connectivity index (χ2v) is 14.3. The number of nitrogen functional groups attached to an aromatic ring is 6. The number of amides is 1. The lowest BCUT2D eigenvalue weighted by Crippen LogP contribution is -2.30. The molecule has 0 aliphatic rings. The summed E-state index contributed by atoms with van der Waals surface area (Å²) >= 11 is 5.93. The molecule has 6 aromatic heterocycles. The number of aromatic nitrogens is 7. The van der Waals surface area contributed by atoms with Gasteiger partial charge in [-0.1, -0.05) is 25.4 Å². The molecule has 15 N–H and O–H groups in total. The molecule has 0 spiro atoms. The maximum absolute atomic E-state index is 13.4. The van der Waals surface area contributed by atoms with E-state index in [9.17, 15) is 22.8 Å². The predicted octanol–water partition coefficient (Wildman–Crippen LogP) is 8.02. The first-order chi connectivity index (χ1) is 34.6. The molecule has 25 heteroatoms. The highest BCUT2D eigenvalue weighted by Crippen LogP contribution is 2.28. The van der Waals surface area contributed by atoms with Crippen LogP contribution in [-0.2, 0) is 4.74 Å². The summed E-state index contributed by atoms with van der Waals surface area (Å²) in [6.45, 7) is 4.00. The zero-order valence-corrected chi connectivity index (χ0v) is 39.0. The number of fused-ring (bicyclic) bond motifs is 3. The average Bonchev–Trinajstić information content (AvgIpc) is 4.25. The number of furan rings is 3. The van der Waals surface area contributed by atoms with Gasteiger partial charge in [-0.05, 0) is 109 Å². The third-order valence-corrected chi connectivity index (χ3v) is 9.33. The molecule has 0 unspecified atom stereocenters. The highest BCUT2D eigenvalue weighted by atomic mass is 35.5. The predicted molar refractivity (Wildman–Crippen MR) is 265 cm³/mol. The topological polar surface area (TPSA) is 359 Å². The van der Waals surface area contributed by atoms with Gasteiger partial charge >= 0.3 is 5.97 Å². The maximum atomic E-state index is 13.4. The van der Waals surface area contributed by atoms with Gasteiger partial charge in [-0.15, -0.1) is 5.10 Å². The Morgan fingerprint density at radius 1 is 0.722 bits per heavy atom. The molecule has 0 saturated carbocycles. The van der Waals surface area contributed by atoms with E-state index in [4.69, 9.17) is 64.8 Å². The largest absolute Gasteiger partial charge is 0.465 e. The first-order valence-electron chi connectivity index (χ1n) is 20.8. The maximum Gasteiger partial charge on any atom is 0.340 e. The number of H-pyrrole nitrogens is 1. The minimum atomic E-state index is -0.632. The number of nitrogens with one attached hydrogen (secondary N) is 3. The number of nitrogens with zero attached hydrogens (tertiary/aromatic N) is 6. The summed E-state index contributed by atoms with van der Waals surface area (Å²) < 4.78 is 59.5. The molecule has 0 radical (unpaired) electrons. The van der Waals surface area contributed by atoms with E-state index in [1.54, 1.807) is 66.9 Å². The van der Waals surface area contributed by atoms with E-state index >= 15 is 0 Å². The quantitative estimate of drug-likeness (QED) is 0.0145. The van der Waals surface area contributed by atoms with Crippen LogP contribution in [0.2, 0.25) is 5.02 Å². The van der Waals surface area contributed by atoms with Gasteiger partial charge in [0.1, 0.15) is 17.5 Å². The summed E-state index contributed by atoms with van der Waals surface area (Å²) in [6.07, 6.45) is 4.59. The van der Waals surface area contributed by atoms with Crippen LogP contribution in [0.4, 0.5) is 36.2 Å². The van der Waals surface area contributed by atoms with Crippen molar-refractivity contribution in [3.63, 3.8) is 0 Å². The van der Waals surface area contributed by atoms with Crippen molar-refractivity contribution in [2.75, 3.05) is 30.0 Å². The molecule has 10 rings (SSSR count). The van der Waals surface area contributed by atoms with Crippen molar-refractivity contribution in [2.45, 2.75) is 13.8 Å². The van der Waals surface area contributed by atoms with Crippen molar-refractivity contribution < 1.29 is 40.7 Å². The summed E-state index contributed by atoms with van der Waals surface area (Å²) in [5.74, 6) is 5.32. The molecule has 21 nitrogen and oxygen atoms in total. The first kappa shape index (κ1) is 53.3. The molecule has 0 aliphatic carbocycles. The van der Waals surface area contributed by atoms with Crippen LogP contribution in [0.15, 0.2) is 141 Å². The summed E-state index contributed by atoms with van der Waals surface area (Å²) in [4.78, 5) is 34.7. The molecule has 0 fully saturated rings. The van der Waals surface area contributed by atoms with Crippen LogP contribution < -0.4 is 39.9 Å². The minimum Gasteiger partial charge on any atom is -0.465 e. The number of hydrazine groups is 1. The second-order valence-electron chi connectivity index (χ2n) is 13.8. The van der Waals surface area contributed by atoms with Gasteiger partial charge < -0.3 is 46.7 Å². The highest BCUT2D eigenvalue weighted by Gasteiger charge is 2.16. The number of aromatic amines is 1. The molecular weight excluding hydrogens is 963 g/mol. The van der Waals surface area contributed by atoms with Gasteiger partial charge in [0.25, 0.3) is 5.91 Å². The van der Waals surface area contributed by atoms with Crippen molar-refractivity contribution in [1.82, 2.24) is 40.2 Å². The van der Waals surface area contributed by atoms with Gasteiger partial charge in [0.2, 0.25) is 11.8 Å². The number of carbonyl (C=O) groups is 2. The summed E-state index contributed by atoms with van der Waals surface area (Å²) in [5.41, 5.74) is 32.2. The van der Waals surface area contributed by atoms with Gasteiger partial charge in [0.15, 0.2) is 40.4 Å². The Labute approximate surface area is 411 Å². The number of methoxy groups -OCH3 is 1. The fraction of sp³-hybridized carbons (Fsp3) is 0.0638. The SMILES string of the molecule is CC.COC(=O)c1cc(F)ccc1N.N=C(N)c1ccco1.NNC(=O)c1cc(F)ccc1N.Nc1ccc(Cl)cc1-c1n[nH]c(-c2ccco2)n1.Nc1nc2ccc(F)cc2c2nc(-c3ccco3)nn12. The fourth-order valence-corrected chi connectivity index (χ4v) is 5.96. The molecular formula is C47H45ClF3N15O6. The Bertz CT molecular complexity index is 3320. The van der Waals surface area contributed by atoms with Crippen molar-refractivity contribution in [1.29, 1.82) is 5.41 Å². The number of hydrogen-bond acceptors (Lipinski definition) is 17. The van der Waals surface area contributed by atoms with Gasteiger partial charge in [-0.25, -0.2) is 38.8 Å². The third-order valence-electron chi connectivity index (χ3n) is 9.09. The zero-order valence-electron chi connectivity index (χ0n) is 38.2. The molecule has 6 heterocycles. The van der Waals surface area contributed by atoms with E-state index in [2.05, 4.69) is 35.0 Å². The van der Waals surface area contributed by atoms with Gasteiger partial charge in [-0.2, -0.15) is 9.61 Å². The summed E-state index contributed by atoms with van der Waals surface area (Å²) in [5, 5.41) is 19.1. The van der Waals surface area contributed by atoms with Crippen LogP contribution in [0, 0.1) is 22.9 Å². The number of esters is 1. The Kier molecular flexibility index (Phi) is 18.6. The lowest BCUT2D eigenvalue weighted by atomic mass is 10.1. The number of nitrogens with two attached hydrogens (primary N) is 6. The Morgan fingerprint density at radius 3 is 1.89 bits per heavy atom. The number of rotatable bonds is 6.